The highest BCUT2D eigenvalue weighted by molar-refractivity contribution is 7.99. The number of nitrogen functional groups attached to an aromatic ring is 1. The first-order chi connectivity index (χ1) is 13.9. The first-order valence-corrected chi connectivity index (χ1v) is 11.2. The molecule has 2 aromatic heterocycles. The molecule has 0 saturated carbocycles. The van der Waals surface area contributed by atoms with E-state index in [9.17, 15) is 4.79 Å². The molecule has 5 nitrogen and oxygen atoms in total. The SMILES string of the molecule is Cc1sc2nc(SCC(=O)NC(C)c3cccc4ccccc34)nc(N)c2c1C. The van der Waals surface area contributed by atoms with Crippen LogP contribution in [0.2, 0.25) is 0 Å². The number of nitrogens with one attached hydrogen (secondary N) is 1. The molecule has 0 spiro atoms. The number of hydrogen-bond acceptors (Lipinski definition) is 6. The number of carbonyl (C=O) groups excluding carboxylic acids is 1. The van der Waals surface area contributed by atoms with Crippen molar-refractivity contribution in [3.05, 3.63) is 58.5 Å². The van der Waals surface area contributed by atoms with Crippen LogP contribution in [0.4, 0.5) is 5.82 Å². The van der Waals surface area contributed by atoms with Crippen molar-refractivity contribution in [2.24, 2.45) is 0 Å². The number of anilines is 1. The van der Waals surface area contributed by atoms with Gasteiger partial charge in [-0.1, -0.05) is 54.2 Å². The topological polar surface area (TPSA) is 80.9 Å². The van der Waals surface area contributed by atoms with Crippen molar-refractivity contribution in [3.8, 4) is 0 Å². The van der Waals surface area contributed by atoms with Crippen LogP contribution in [0.3, 0.4) is 0 Å². The van der Waals surface area contributed by atoms with E-state index in [4.69, 9.17) is 5.73 Å². The second-order valence-corrected chi connectivity index (χ2v) is 9.15. The largest absolute Gasteiger partial charge is 0.383 e. The summed E-state index contributed by atoms with van der Waals surface area (Å²) in [5, 5.41) is 6.85. The fourth-order valence-electron chi connectivity index (χ4n) is 3.44. The Bertz CT molecular complexity index is 1210. The summed E-state index contributed by atoms with van der Waals surface area (Å²) in [6.07, 6.45) is 0. The van der Waals surface area contributed by atoms with E-state index in [1.54, 1.807) is 11.3 Å². The molecule has 2 aromatic carbocycles. The van der Waals surface area contributed by atoms with Gasteiger partial charge in [-0.3, -0.25) is 4.79 Å². The van der Waals surface area contributed by atoms with Crippen LogP contribution < -0.4 is 11.1 Å². The summed E-state index contributed by atoms with van der Waals surface area (Å²) in [6, 6.07) is 14.3. The van der Waals surface area contributed by atoms with Gasteiger partial charge in [0.15, 0.2) is 5.16 Å². The Labute approximate surface area is 177 Å². The minimum absolute atomic E-state index is 0.0590. The molecule has 7 heteroatoms. The molecule has 1 unspecified atom stereocenters. The van der Waals surface area contributed by atoms with Crippen LogP contribution in [-0.2, 0) is 4.79 Å². The molecule has 0 aliphatic rings. The number of nitrogens with two attached hydrogens (primary N) is 1. The third-order valence-corrected chi connectivity index (χ3v) is 6.98. The molecule has 1 amide bonds. The van der Waals surface area contributed by atoms with Crippen molar-refractivity contribution in [2.45, 2.75) is 32.0 Å². The monoisotopic (exact) mass is 422 g/mol. The van der Waals surface area contributed by atoms with Gasteiger partial charge in [0.2, 0.25) is 5.91 Å². The first-order valence-electron chi connectivity index (χ1n) is 9.37. The van der Waals surface area contributed by atoms with Gasteiger partial charge in [-0.2, -0.15) is 0 Å². The highest BCUT2D eigenvalue weighted by Crippen LogP contribution is 2.33. The molecule has 0 bridgehead atoms. The van der Waals surface area contributed by atoms with Gasteiger partial charge >= 0.3 is 0 Å². The van der Waals surface area contributed by atoms with Crippen LogP contribution in [0.25, 0.3) is 21.0 Å². The van der Waals surface area contributed by atoms with Crippen LogP contribution in [0.5, 0.6) is 0 Å². The van der Waals surface area contributed by atoms with Gasteiger partial charge in [0.1, 0.15) is 10.6 Å². The summed E-state index contributed by atoms with van der Waals surface area (Å²) < 4.78 is 0. The number of nitrogens with zero attached hydrogens (tertiary/aromatic N) is 2. The maximum absolute atomic E-state index is 12.5. The molecule has 0 fully saturated rings. The molecule has 148 valence electrons. The van der Waals surface area contributed by atoms with Crippen molar-refractivity contribution in [2.75, 3.05) is 11.5 Å². The average molecular weight is 423 g/mol. The smallest absolute Gasteiger partial charge is 0.230 e. The van der Waals surface area contributed by atoms with Gasteiger partial charge < -0.3 is 11.1 Å². The number of aryl methyl sites for hydroxylation is 2. The summed E-state index contributed by atoms with van der Waals surface area (Å²) in [4.78, 5) is 23.5. The fourth-order valence-corrected chi connectivity index (χ4v) is 5.20. The Morgan fingerprint density at radius 2 is 1.93 bits per heavy atom. The number of benzene rings is 2. The highest BCUT2D eigenvalue weighted by Gasteiger charge is 2.16. The molecule has 0 saturated heterocycles. The number of amides is 1. The minimum Gasteiger partial charge on any atom is -0.383 e. The Kier molecular flexibility index (Phi) is 5.43. The third-order valence-electron chi connectivity index (χ3n) is 5.04. The molecule has 0 radical (unpaired) electrons. The van der Waals surface area contributed by atoms with E-state index in [1.807, 2.05) is 32.0 Å². The summed E-state index contributed by atoms with van der Waals surface area (Å²) in [6.45, 7) is 6.08. The van der Waals surface area contributed by atoms with Crippen molar-refractivity contribution in [3.63, 3.8) is 0 Å². The zero-order chi connectivity index (χ0) is 20.5. The maximum atomic E-state index is 12.5. The van der Waals surface area contributed by atoms with E-state index >= 15 is 0 Å². The van der Waals surface area contributed by atoms with Gasteiger partial charge in [-0.05, 0) is 42.7 Å². The van der Waals surface area contributed by atoms with Gasteiger partial charge in [-0.25, -0.2) is 9.97 Å². The normalized spacial score (nSPS) is 12.4. The predicted octanol–water partition coefficient (Wildman–Crippen LogP) is 5.01. The summed E-state index contributed by atoms with van der Waals surface area (Å²) in [5.41, 5.74) is 8.36. The lowest BCUT2D eigenvalue weighted by atomic mass is 10.00. The van der Waals surface area contributed by atoms with Crippen LogP contribution >= 0.6 is 23.1 Å². The summed E-state index contributed by atoms with van der Waals surface area (Å²) >= 11 is 2.91. The molecule has 4 aromatic rings. The Morgan fingerprint density at radius 3 is 2.76 bits per heavy atom. The number of rotatable bonds is 5. The van der Waals surface area contributed by atoms with Gasteiger partial charge in [0.25, 0.3) is 0 Å². The van der Waals surface area contributed by atoms with Gasteiger partial charge in [-0.15, -0.1) is 11.3 Å². The molecule has 4 rings (SSSR count). The molecule has 0 aliphatic carbocycles. The van der Waals surface area contributed by atoms with Crippen LogP contribution in [0, 0.1) is 13.8 Å². The summed E-state index contributed by atoms with van der Waals surface area (Å²) in [5.74, 6) is 0.656. The fraction of sp³-hybridized carbons (Fsp3) is 0.227. The standard InChI is InChI=1S/C22H22N4OS2/c1-12-14(3)29-21-19(12)20(23)25-22(26-21)28-11-18(27)24-13(2)16-10-6-8-15-7-4-5-9-17(15)16/h4-10,13H,11H2,1-3H3,(H,24,27)(H2,23,25,26). The molecule has 0 aliphatic heterocycles. The lowest BCUT2D eigenvalue weighted by molar-refractivity contribution is -0.119. The number of hydrogen-bond donors (Lipinski definition) is 2. The average Bonchev–Trinajstić information content (AvgIpc) is 3.00. The van der Waals surface area contributed by atoms with E-state index in [0.29, 0.717) is 11.0 Å². The third kappa shape index (κ3) is 3.93. The number of carbonyl (C=O) groups is 1. The summed E-state index contributed by atoms with van der Waals surface area (Å²) in [7, 11) is 0. The Balaban J connectivity index is 1.45. The molecule has 29 heavy (non-hydrogen) atoms. The lowest BCUT2D eigenvalue weighted by Crippen LogP contribution is -2.28. The van der Waals surface area contributed by atoms with E-state index in [-0.39, 0.29) is 17.7 Å². The van der Waals surface area contributed by atoms with Gasteiger partial charge in [0.05, 0.1) is 17.2 Å². The number of fused-ring (bicyclic) bond motifs is 2. The number of thiophene rings is 1. The highest BCUT2D eigenvalue weighted by atomic mass is 32.2. The molecule has 2 heterocycles. The number of thioether (sulfide) groups is 1. The minimum atomic E-state index is -0.0923. The predicted molar refractivity (Wildman–Crippen MR) is 123 cm³/mol. The zero-order valence-corrected chi connectivity index (χ0v) is 18.2. The first kappa shape index (κ1) is 19.7. The molecule has 3 N–H and O–H groups in total. The molecular formula is C22H22N4OS2. The van der Waals surface area contributed by atoms with Crippen molar-refractivity contribution in [1.82, 2.24) is 15.3 Å². The Hall–Kier alpha value is -2.64. The van der Waals surface area contributed by atoms with Crippen LogP contribution in [0.15, 0.2) is 47.6 Å². The Morgan fingerprint density at radius 1 is 1.17 bits per heavy atom. The van der Waals surface area contributed by atoms with Gasteiger partial charge in [0, 0.05) is 4.88 Å². The van der Waals surface area contributed by atoms with Crippen molar-refractivity contribution < 1.29 is 4.79 Å². The van der Waals surface area contributed by atoms with E-state index in [2.05, 4.69) is 46.5 Å². The zero-order valence-electron chi connectivity index (χ0n) is 16.5. The van der Waals surface area contributed by atoms with Crippen LogP contribution in [0.1, 0.15) is 29.0 Å². The van der Waals surface area contributed by atoms with Crippen molar-refractivity contribution in [1.29, 1.82) is 0 Å². The molecular weight excluding hydrogens is 400 g/mol. The quantitative estimate of drug-likeness (QED) is 0.349. The second-order valence-electron chi connectivity index (χ2n) is 7.00. The van der Waals surface area contributed by atoms with E-state index < -0.39 is 0 Å². The number of aromatic nitrogens is 2. The lowest BCUT2D eigenvalue weighted by Gasteiger charge is -2.16. The maximum Gasteiger partial charge on any atom is 0.230 e. The molecule has 1 atom stereocenters. The second kappa shape index (κ2) is 8.00. The van der Waals surface area contributed by atoms with Crippen LogP contribution in [-0.4, -0.2) is 21.6 Å². The van der Waals surface area contributed by atoms with Crippen molar-refractivity contribution >= 4 is 55.8 Å². The van der Waals surface area contributed by atoms with E-state index in [0.717, 1.165) is 26.7 Å². The van der Waals surface area contributed by atoms with E-state index in [1.165, 1.54) is 22.0 Å².